The van der Waals surface area contributed by atoms with E-state index in [1.165, 1.54) is 41.7 Å². The normalized spacial score (nSPS) is 11.2. The van der Waals surface area contributed by atoms with Gasteiger partial charge in [0.2, 0.25) is 0 Å². The molecule has 0 radical (unpaired) electrons. The summed E-state index contributed by atoms with van der Waals surface area (Å²) in [5.41, 5.74) is 2.97. The zero-order chi connectivity index (χ0) is 16.7. The van der Waals surface area contributed by atoms with E-state index in [1.54, 1.807) is 23.7 Å². The highest BCUT2D eigenvalue weighted by Gasteiger charge is 1.95. The molecule has 2 N–H and O–H groups in total. The fourth-order valence-corrected chi connectivity index (χ4v) is 3.35. The predicted molar refractivity (Wildman–Crippen MR) is 112 cm³/mol. The highest BCUT2D eigenvalue weighted by Crippen LogP contribution is 2.15. The van der Waals surface area contributed by atoms with E-state index in [0.29, 0.717) is 0 Å². The standard InChI is InChI=1S/C7H5NS.C4H8S.2C2H3N3.2CH4/c1-2-4-7-6(3-1)8-5-9-7;1-2-4-5-3-1;1-3-2-5-4-1;1-2-4-5-3-1;;/h1-5H;1-4H2;2*1-2H,(H,3,4,5);2*1H4. The number of fused-ring (bicyclic) bond motifs is 1. The lowest BCUT2D eigenvalue weighted by atomic mass is 10.3. The molecule has 7 nitrogen and oxygen atoms in total. The Hall–Kier alpha value is -2.26. The van der Waals surface area contributed by atoms with Gasteiger partial charge in [-0.2, -0.15) is 32.3 Å². The van der Waals surface area contributed by atoms with Gasteiger partial charge in [-0.05, 0) is 36.5 Å². The van der Waals surface area contributed by atoms with Crippen molar-refractivity contribution in [2.24, 2.45) is 0 Å². The van der Waals surface area contributed by atoms with Crippen LogP contribution in [0.1, 0.15) is 27.7 Å². The smallest absolute Gasteiger partial charge is 0.137 e. The summed E-state index contributed by atoms with van der Waals surface area (Å²) in [5.74, 6) is 2.83. The largest absolute Gasteiger partial charge is 0.266 e. The zero-order valence-corrected chi connectivity index (χ0v) is 14.7. The lowest BCUT2D eigenvalue weighted by Crippen LogP contribution is -1.61. The number of benzene rings is 1. The molecule has 1 saturated heterocycles. The zero-order valence-electron chi connectivity index (χ0n) is 13.1. The molecular weight excluding hydrogens is 366 g/mol. The first-order chi connectivity index (χ1) is 12.0. The van der Waals surface area contributed by atoms with Crippen LogP contribution in [-0.2, 0) is 0 Å². The van der Waals surface area contributed by atoms with E-state index < -0.39 is 0 Å². The van der Waals surface area contributed by atoms with Gasteiger partial charge in [0, 0.05) is 0 Å². The average molecular weight is 394 g/mol. The summed E-state index contributed by atoms with van der Waals surface area (Å²) in [4.78, 5) is 7.69. The van der Waals surface area contributed by atoms with E-state index in [4.69, 9.17) is 0 Å². The highest BCUT2D eigenvalue weighted by atomic mass is 32.2. The number of aromatic nitrogens is 7. The number of nitrogens with one attached hydrogen (secondary N) is 2. The van der Waals surface area contributed by atoms with E-state index >= 15 is 0 Å². The second-order valence-electron chi connectivity index (χ2n) is 4.45. The molecule has 1 aliphatic heterocycles. The van der Waals surface area contributed by atoms with Crippen LogP contribution in [0.2, 0.25) is 0 Å². The molecular formula is C17H27N7S2. The molecule has 4 aromatic rings. The fraction of sp³-hybridized carbons (Fsp3) is 0.353. The van der Waals surface area contributed by atoms with Crippen molar-refractivity contribution in [2.45, 2.75) is 27.7 Å². The van der Waals surface area contributed by atoms with E-state index in [9.17, 15) is 0 Å². The van der Waals surface area contributed by atoms with Crippen molar-refractivity contribution in [1.29, 1.82) is 0 Å². The quantitative estimate of drug-likeness (QED) is 0.450. The van der Waals surface area contributed by atoms with Gasteiger partial charge in [0.15, 0.2) is 0 Å². The Morgan fingerprint density at radius 2 is 1.65 bits per heavy atom. The molecule has 0 unspecified atom stereocenters. The Balaban J connectivity index is 0.000000326. The van der Waals surface area contributed by atoms with E-state index in [0.717, 1.165) is 5.52 Å². The summed E-state index contributed by atoms with van der Waals surface area (Å²) in [6.07, 6.45) is 9.05. The number of H-pyrrole nitrogens is 2. The molecule has 5 rings (SSSR count). The number of rotatable bonds is 0. The van der Waals surface area contributed by atoms with Crippen molar-refractivity contribution >= 4 is 33.3 Å². The van der Waals surface area contributed by atoms with Crippen LogP contribution in [0, 0.1) is 0 Å². The number of aromatic amines is 2. The van der Waals surface area contributed by atoms with Crippen molar-refractivity contribution in [3.05, 3.63) is 54.8 Å². The molecule has 0 amide bonds. The first-order valence-electron chi connectivity index (χ1n) is 7.41. The monoisotopic (exact) mass is 393 g/mol. The molecule has 1 aromatic carbocycles. The third kappa shape index (κ3) is 10.6. The van der Waals surface area contributed by atoms with Gasteiger partial charge in [-0.3, -0.25) is 5.10 Å². The van der Waals surface area contributed by atoms with Gasteiger partial charge in [0.1, 0.15) is 12.7 Å². The van der Waals surface area contributed by atoms with Crippen molar-refractivity contribution in [1.82, 2.24) is 35.6 Å². The molecule has 0 saturated carbocycles. The van der Waals surface area contributed by atoms with E-state index in [-0.39, 0.29) is 14.9 Å². The van der Waals surface area contributed by atoms with Gasteiger partial charge in [0.25, 0.3) is 0 Å². The average Bonchev–Trinajstić information content (AvgIpc) is 3.48. The van der Waals surface area contributed by atoms with Crippen molar-refractivity contribution in [3.63, 3.8) is 0 Å². The number of thiazole rings is 1. The molecule has 0 aliphatic carbocycles. The van der Waals surface area contributed by atoms with Crippen LogP contribution < -0.4 is 0 Å². The number of para-hydroxylation sites is 1. The Bertz CT molecular complexity index is 624. The second-order valence-corrected chi connectivity index (χ2v) is 6.56. The summed E-state index contributed by atoms with van der Waals surface area (Å²) in [5, 5.41) is 15.3. The van der Waals surface area contributed by atoms with Gasteiger partial charge < -0.3 is 0 Å². The number of hydrogen-bond acceptors (Lipinski definition) is 7. The molecule has 4 heterocycles. The maximum Gasteiger partial charge on any atom is 0.137 e. The lowest BCUT2D eigenvalue weighted by Gasteiger charge is -1.80. The van der Waals surface area contributed by atoms with Crippen molar-refractivity contribution in [2.75, 3.05) is 11.5 Å². The fourth-order valence-electron chi connectivity index (χ4n) is 1.65. The van der Waals surface area contributed by atoms with Gasteiger partial charge in [0.05, 0.1) is 28.1 Å². The molecule has 1 fully saturated rings. The third-order valence-electron chi connectivity index (χ3n) is 2.73. The molecule has 0 spiro atoms. The summed E-state index contributed by atoms with van der Waals surface area (Å²) in [7, 11) is 0. The van der Waals surface area contributed by atoms with Crippen LogP contribution in [0.4, 0.5) is 0 Å². The number of nitrogens with zero attached hydrogens (tertiary/aromatic N) is 5. The summed E-state index contributed by atoms with van der Waals surface area (Å²) in [6.45, 7) is 0. The molecule has 142 valence electrons. The molecule has 1 aliphatic rings. The summed E-state index contributed by atoms with van der Waals surface area (Å²) >= 11 is 3.75. The predicted octanol–water partition coefficient (Wildman–Crippen LogP) is 4.69. The van der Waals surface area contributed by atoms with Gasteiger partial charge in [-0.25, -0.2) is 9.97 Å². The molecule has 0 bridgehead atoms. The molecule has 0 atom stereocenters. The first-order valence-corrected chi connectivity index (χ1v) is 9.44. The van der Waals surface area contributed by atoms with Crippen molar-refractivity contribution in [3.8, 4) is 0 Å². The van der Waals surface area contributed by atoms with Crippen LogP contribution in [0.5, 0.6) is 0 Å². The SMILES string of the molecule is C.C.C1CCSC1.c1ccc2scnc2c1.c1cn[nH]n1.c1nc[nH]n1. The van der Waals surface area contributed by atoms with E-state index in [1.807, 2.05) is 23.7 Å². The Labute approximate surface area is 163 Å². The lowest BCUT2D eigenvalue weighted by molar-refractivity contribution is 0.940. The minimum absolute atomic E-state index is 0. The summed E-state index contributed by atoms with van der Waals surface area (Å²) < 4.78 is 1.26. The van der Waals surface area contributed by atoms with Crippen LogP contribution in [0.25, 0.3) is 10.2 Å². The minimum Gasteiger partial charge on any atom is -0.266 e. The molecule has 9 heteroatoms. The van der Waals surface area contributed by atoms with Gasteiger partial charge >= 0.3 is 0 Å². The maximum atomic E-state index is 4.14. The Morgan fingerprint density at radius 3 is 2.08 bits per heavy atom. The Morgan fingerprint density at radius 1 is 0.923 bits per heavy atom. The first kappa shape index (κ1) is 23.7. The van der Waals surface area contributed by atoms with Crippen molar-refractivity contribution < 1.29 is 0 Å². The van der Waals surface area contributed by atoms with Gasteiger partial charge in [-0.1, -0.05) is 27.0 Å². The Kier molecular flexibility index (Phi) is 14.8. The number of hydrogen-bond donors (Lipinski definition) is 2. The van der Waals surface area contributed by atoms with Gasteiger partial charge in [-0.15, -0.1) is 11.3 Å². The highest BCUT2D eigenvalue weighted by molar-refractivity contribution is 7.99. The topological polar surface area (TPSA) is 96.0 Å². The number of thioether (sulfide) groups is 1. The van der Waals surface area contributed by atoms with Crippen LogP contribution >= 0.6 is 23.1 Å². The second kappa shape index (κ2) is 16.2. The van der Waals surface area contributed by atoms with Crippen LogP contribution in [0.3, 0.4) is 0 Å². The maximum absolute atomic E-state index is 4.14. The van der Waals surface area contributed by atoms with Crippen LogP contribution in [0.15, 0.2) is 54.8 Å². The summed E-state index contributed by atoms with van der Waals surface area (Å²) in [6, 6.07) is 8.13. The molecule has 3 aromatic heterocycles. The molecule has 26 heavy (non-hydrogen) atoms. The minimum atomic E-state index is 0. The third-order valence-corrected chi connectivity index (χ3v) is 4.69. The van der Waals surface area contributed by atoms with Crippen LogP contribution in [-0.4, -0.2) is 47.1 Å². The van der Waals surface area contributed by atoms with E-state index in [2.05, 4.69) is 53.4 Å².